The van der Waals surface area contributed by atoms with Crippen molar-refractivity contribution in [3.63, 3.8) is 0 Å². The van der Waals surface area contributed by atoms with Crippen molar-refractivity contribution >= 4 is 21.7 Å². The van der Waals surface area contributed by atoms with Crippen LogP contribution in [0.15, 0.2) is 16.7 Å². The fourth-order valence-corrected chi connectivity index (χ4v) is 1.10. The summed E-state index contributed by atoms with van der Waals surface area (Å²) in [7, 11) is 0. The Bertz CT molecular complexity index is 352. The molecule has 0 fully saturated rings. The predicted molar refractivity (Wildman–Crippen MR) is 56.9 cm³/mol. The molecular formula is C9H10BrN3. The van der Waals surface area contributed by atoms with Crippen LogP contribution in [0.5, 0.6) is 0 Å². The summed E-state index contributed by atoms with van der Waals surface area (Å²) < 4.78 is 0.770. The van der Waals surface area contributed by atoms with Crippen LogP contribution in [0.25, 0.3) is 0 Å². The molecule has 4 heteroatoms. The first-order chi connectivity index (χ1) is 6.24. The minimum Gasteiger partial charge on any atom is -0.383 e. The zero-order valence-electron chi connectivity index (χ0n) is 7.05. The molecule has 68 valence electrons. The third-order valence-corrected chi connectivity index (χ3v) is 2.01. The summed E-state index contributed by atoms with van der Waals surface area (Å²) >= 11 is 3.28. The van der Waals surface area contributed by atoms with E-state index in [9.17, 15) is 0 Å². The van der Waals surface area contributed by atoms with Gasteiger partial charge in [0.2, 0.25) is 0 Å². The van der Waals surface area contributed by atoms with E-state index in [-0.39, 0.29) is 0 Å². The number of nitrogens with zero attached hydrogens (tertiary/aromatic N) is 1. The fraction of sp³-hybridized carbons (Fsp3) is 0.222. The van der Waals surface area contributed by atoms with E-state index in [2.05, 4.69) is 32.8 Å². The number of nitrogens with two attached hydrogens (primary N) is 2. The van der Waals surface area contributed by atoms with E-state index in [4.69, 9.17) is 11.5 Å². The van der Waals surface area contributed by atoms with Crippen molar-refractivity contribution in [2.75, 3.05) is 12.3 Å². The van der Waals surface area contributed by atoms with Gasteiger partial charge in [-0.2, -0.15) is 0 Å². The molecule has 0 aliphatic rings. The normalized spacial score (nSPS) is 9.08. The maximum Gasteiger partial charge on any atom is 0.137 e. The van der Waals surface area contributed by atoms with Crippen LogP contribution in [-0.2, 0) is 0 Å². The number of hydrogen-bond acceptors (Lipinski definition) is 3. The van der Waals surface area contributed by atoms with Crippen molar-refractivity contribution in [2.24, 2.45) is 5.73 Å². The molecule has 0 saturated carbocycles. The molecule has 1 rings (SSSR count). The minimum absolute atomic E-state index is 0.476. The number of pyridine rings is 1. The summed E-state index contributed by atoms with van der Waals surface area (Å²) in [6.07, 6.45) is 2.34. The van der Waals surface area contributed by atoms with E-state index in [0.29, 0.717) is 18.8 Å². The summed E-state index contributed by atoms with van der Waals surface area (Å²) in [6.45, 7) is 0.580. The van der Waals surface area contributed by atoms with Crippen LogP contribution in [-0.4, -0.2) is 11.5 Å². The molecule has 0 atom stereocenters. The fourth-order valence-electron chi connectivity index (χ4n) is 0.754. The van der Waals surface area contributed by atoms with Crippen LogP contribution in [0, 0.1) is 11.8 Å². The zero-order chi connectivity index (χ0) is 9.68. The van der Waals surface area contributed by atoms with E-state index in [1.165, 1.54) is 0 Å². The quantitative estimate of drug-likeness (QED) is 0.723. The zero-order valence-corrected chi connectivity index (χ0v) is 8.63. The van der Waals surface area contributed by atoms with E-state index in [1.807, 2.05) is 6.07 Å². The van der Waals surface area contributed by atoms with Gasteiger partial charge in [0.05, 0.1) is 4.47 Å². The lowest BCUT2D eigenvalue weighted by atomic mass is 10.3. The van der Waals surface area contributed by atoms with Gasteiger partial charge in [-0.05, 0) is 22.0 Å². The molecule has 13 heavy (non-hydrogen) atoms. The topological polar surface area (TPSA) is 64.9 Å². The number of anilines is 1. The summed E-state index contributed by atoms with van der Waals surface area (Å²) in [5.41, 5.74) is 11.7. The molecular weight excluding hydrogens is 230 g/mol. The Kier molecular flexibility index (Phi) is 3.74. The highest BCUT2D eigenvalue weighted by atomic mass is 79.9. The second-order valence-electron chi connectivity index (χ2n) is 2.43. The molecule has 1 aromatic heterocycles. The molecule has 0 aromatic carbocycles. The van der Waals surface area contributed by atoms with Crippen molar-refractivity contribution < 1.29 is 0 Å². The van der Waals surface area contributed by atoms with Crippen molar-refractivity contribution in [3.8, 4) is 11.8 Å². The lowest BCUT2D eigenvalue weighted by Crippen LogP contribution is -1.95. The maximum absolute atomic E-state index is 5.52. The minimum atomic E-state index is 0.476. The Labute approximate surface area is 85.7 Å². The molecule has 0 radical (unpaired) electrons. The van der Waals surface area contributed by atoms with Gasteiger partial charge < -0.3 is 11.5 Å². The summed E-state index contributed by atoms with van der Waals surface area (Å²) in [4.78, 5) is 3.95. The molecule has 1 aromatic rings. The summed E-state index contributed by atoms with van der Waals surface area (Å²) in [5.74, 6) is 6.33. The molecule has 0 saturated heterocycles. The molecule has 0 bridgehead atoms. The number of nitrogen functional groups attached to an aromatic ring is 1. The Hall–Kier alpha value is -1.05. The Morgan fingerprint density at radius 3 is 2.92 bits per heavy atom. The van der Waals surface area contributed by atoms with Crippen LogP contribution >= 0.6 is 15.9 Å². The molecule has 0 amide bonds. The molecule has 1 heterocycles. The van der Waals surface area contributed by atoms with Gasteiger partial charge in [-0.25, -0.2) is 4.98 Å². The van der Waals surface area contributed by atoms with Crippen LogP contribution in [0.1, 0.15) is 12.0 Å². The highest BCUT2D eigenvalue weighted by molar-refractivity contribution is 9.10. The van der Waals surface area contributed by atoms with Crippen LogP contribution in [0.4, 0.5) is 5.82 Å². The number of rotatable bonds is 1. The van der Waals surface area contributed by atoms with E-state index in [0.717, 1.165) is 10.0 Å². The summed E-state index contributed by atoms with van der Waals surface area (Å²) in [5, 5.41) is 0. The lowest BCUT2D eigenvalue weighted by molar-refractivity contribution is 1.03. The first-order valence-corrected chi connectivity index (χ1v) is 4.63. The second-order valence-corrected chi connectivity index (χ2v) is 3.29. The lowest BCUT2D eigenvalue weighted by Gasteiger charge is -1.95. The molecule has 0 unspecified atom stereocenters. The second kappa shape index (κ2) is 4.85. The number of halogens is 1. The van der Waals surface area contributed by atoms with Crippen molar-refractivity contribution in [1.29, 1.82) is 0 Å². The van der Waals surface area contributed by atoms with Gasteiger partial charge in [0.1, 0.15) is 5.82 Å². The van der Waals surface area contributed by atoms with Gasteiger partial charge in [0.15, 0.2) is 0 Å². The van der Waals surface area contributed by atoms with E-state index < -0.39 is 0 Å². The van der Waals surface area contributed by atoms with Gasteiger partial charge in [0, 0.05) is 24.7 Å². The number of hydrogen-bond donors (Lipinski definition) is 2. The Balaban J connectivity index is 2.81. The third kappa shape index (κ3) is 3.05. The van der Waals surface area contributed by atoms with Gasteiger partial charge in [0.25, 0.3) is 0 Å². The maximum atomic E-state index is 5.52. The van der Waals surface area contributed by atoms with Gasteiger partial charge in [-0.1, -0.05) is 11.8 Å². The smallest absolute Gasteiger partial charge is 0.137 e. The van der Waals surface area contributed by atoms with E-state index in [1.54, 1.807) is 6.20 Å². The van der Waals surface area contributed by atoms with Gasteiger partial charge in [-0.3, -0.25) is 0 Å². The molecule has 3 nitrogen and oxygen atoms in total. The van der Waals surface area contributed by atoms with Crippen molar-refractivity contribution in [3.05, 3.63) is 22.3 Å². The highest BCUT2D eigenvalue weighted by Gasteiger charge is 1.95. The van der Waals surface area contributed by atoms with Crippen LogP contribution in [0.2, 0.25) is 0 Å². The van der Waals surface area contributed by atoms with Crippen molar-refractivity contribution in [2.45, 2.75) is 6.42 Å². The highest BCUT2D eigenvalue weighted by Crippen LogP contribution is 2.16. The average Bonchev–Trinajstić information content (AvgIpc) is 2.12. The molecule has 0 spiro atoms. The largest absolute Gasteiger partial charge is 0.383 e. The third-order valence-electron chi connectivity index (χ3n) is 1.37. The monoisotopic (exact) mass is 239 g/mol. The average molecular weight is 240 g/mol. The Morgan fingerprint density at radius 1 is 1.54 bits per heavy atom. The van der Waals surface area contributed by atoms with Crippen molar-refractivity contribution in [1.82, 2.24) is 4.98 Å². The van der Waals surface area contributed by atoms with E-state index >= 15 is 0 Å². The van der Waals surface area contributed by atoms with Crippen LogP contribution < -0.4 is 11.5 Å². The molecule has 4 N–H and O–H groups in total. The standard InChI is InChI=1S/C9H10BrN3/c10-8-5-7(3-1-2-4-11)6-13-9(8)12/h5-6H,2,4,11H2,(H2,12,13). The Morgan fingerprint density at radius 2 is 2.31 bits per heavy atom. The summed E-state index contributed by atoms with van der Waals surface area (Å²) in [6, 6.07) is 1.84. The first kappa shape index (κ1) is 10.0. The molecule has 0 aliphatic carbocycles. The van der Waals surface area contributed by atoms with Crippen LogP contribution in [0.3, 0.4) is 0 Å². The predicted octanol–water partition coefficient (Wildman–Crippen LogP) is 1.13. The SMILES string of the molecule is NCCC#Cc1cnc(N)c(Br)c1. The van der Waals surface area contributed by atoms with Gasteiger partial charge >= 0.3 is 0 Å². The first-order valence-electron chi connectivity index (χ1n) is 3.84. The van der Waals surface area contributed by atoms with Gasteiger partial charge in [-0.15, -0.1) is 0 Å². The molecule has 0 aliphatic heterocycles. The number of aromatic nitrogens is 1.